The lowest BCUT2D eigenvalue weighted by molar-refractivity contribution is 0.317. The van der Waals surface area contributed by atoms with E-state index < -0.39 is 0 Å². The third-order valence-corrected chi connectivity index (χ3v) is 4.92. The van der Waals surface area contributed by atoms with Crippen molar-refractivity contribution in [2.75, 3.05) is 27.3 Å². The van der Waals surface area contributed by atoms with Crippen molar-refractivity contribution >= 4 is 0 Å². The molecule has 1 unspecified atom stereocenters. The summed E-state index contributed by atoms with van der Waals surface area (Å²) in [6.07, 6.45) is 4.33. The molecule has 3 aromatic rings. The van der Waals surface area contributed by atoms with E-state index in [0.29, 0.717) is 17.5 Å². The fourth-order valence-corrected chi connectivity index (χ4v) is 3.42. The van der Waals surface area contributed by atoms with Crippen molar-refractivity contribution in [1.29, 1.82) is 0 Å². The molecule has 1 fully saturated rings. The van der Waals surface area contributed by atoms with E-state index in [-0.39, 0.29) is 5.92 Å². The summed E-state index contributed by atoms with van der Waals surface area (Å²) in [4.78, 5) is 10.9. The molecule has 0 aliphatic carbocycles. The predicted molar refractivity (Wildman–Crippen MR) is 102 cm³/mol. The summed E-state index contributed by atoms with van der Waals surface area (Å²) in [5.41, 5.74) is 2.63. The van der Waals surface area contributed by atoms with Crippen molar-refractivity contribution in [2.45, 2.75) is 25.8 Å². The molecule has 2 aromatic heterocycles. The molecule has 1 saturated heterocycles. The molecule has 28 heavy (non-hydrogen) atoms. The number of nitrogens with zero attached hydrogens (tertiary/aromatic N) is 5. The van der Waals surface area contributed by atoms with Gasteiger partial charge in [0.05, 0.1) is 32.0 Å². The minimum absolute atomic E-state index is 0.222. The Hall–Kier alpha value is -3.00. The van der Waals surface area contributed by atoms with Gasteiger partial charge >= 0.3 is 0 Å². The van der Waals surface area contributed by atoms with Crippen LogP contribution in [0.1, 0.15) is 29.5 Å². The van der Waals surface area contributed by atoms with Crippen LogP contribution in [-0.4, -0.2) is 52.4 Å². The Kier molecular flexibility index (Phi) is 5.21. The monoisotopic (exact) mass is 381 g/mol. The number of benzene rings is 1. The first-order valence-corrected chi connectivity index (χ1v) is 9.22. The number of hydrogen-bond acceptors (Lipinski definition) is 8. The molecule has 3 heterocycles. The van der Waals surface area contributed by atoms with Crippen molar-refractivity contribution in [1.82, 2.24) is 25.1 Å². The van der Waals surface area contributed by atoms with Gasteiger partial charge in [0.25, 0.3) is 5.89 Å². The number of hydrogen-bond donors (Lipinski definition) is 0. The SMILES string of the molecule is COc1ccc(CN2CCC(c3nnc(-c4cnc(C)cn4)o3)C2)cc1OC. The molecule has 0 radical (unpaired) electrons. The molecular weight excluding hydrogens is 358 g/mol. The van der Waals surface area contributed by atoms with Gasteiger partial charge in [0.1, 0.15) is 5.69 Å². The molecule has 4 rings (SSSR count). The summed E-state index contributed by atoms with van der Waals surface area (Å²) in [6.45, 7) is 4.57. The second-order valence-corrected chi connectivity index (χ2v) is 6.90. The Labute approximate surface area is 163 Å². The highest BCUT2D eigenvalue weighted by Crippen LogP contribution is 2.31. The van der Waals surface area contributed by atoms with Gasteiger partial charge in [-0.1, -0.05) is 6.07 Å². The molecule has 1 aliphatic rings. The van der Waals surface area contributed by atoms with E-state index in [4.69, 9.17) is 13.9 Å². The Morgan fingerprint density at radius 2 is 1.96 bits per heavy atom. The molecule has 8 heteroatoms. The van der Waals surface area contributed by atoms with Crippen LogP contribution in [0.5, 0.6) is 11.5 Å². The summed E-state index contributed by atoms with van der Waals surface area (Å²) >= 11 is 0. The lowest BCUT2D eigenvalue weighted by Gasteiger charge is -2.16. The van der Waals surface area contributed by atoms with E-state index in [1.165, 1.54) is 5.56 Å². The summed E-state index contributed by atoms with van der Waals surface area (Å²) in [5, 5.41) is 8.38. The zero-order chi connectivity index (χ0) is 19.5. The predicted octanol–water partition coefficient (Wildman–Crippen LogP) is 2.84. The lowest BCUT2D eigenvalue weighted by Crippen LogP contribution is -2.19. The second kappa shape index (κ2) is 7.93. The fourth-order valence-electron chi connectivity index (χ4n) is 3.42. The Morgan fingerprint density at radius 1 is 1.11 bits per heavy atom. The van der Waals surface area contributed by atoms with Crippen LogP contribution < -0.4 is 9.47 Å². The lowest BCUT2D eigenvalue weighted by atomic mass is 10.1. The first-order valence-electron chi connectivity index (χ1n) is 9.22. The zero-order valence-electron chi connectivity index (χ0n) is 16.3. The summed E-state index contributed by atoms with van der Waals surface area (Å²) in [5.74, 6) is 2.78. The largest absolute Gasteiger partial charge is 0.493 e. The first-order chi connectivity index (χ1) is 13.7. The molecule has 146 valence electrons. The van der Waals surface area contributed by atoms with Crippen molar-refractivity contribution < 1.29 is 13.9 Å². The average molecular weight is 381 g/mol. The van der Waals surface area contributed by atoms with Crippen molar-refractivity contribution in [3.05, 3.63) is 47.7 Å². The maximum Gasteiger partial charge on any atom is 0.267 e. The molecule has 1 aromatic carbocycles. The van der Waals surface area contributed by atoms with Gasteiger partial charge in [-0.25, -0.2) is 4.98 Å². The summed E-state index contributed by atoms with van der Waals surface area (Å²) in [6, 6.07) is 6.02. The average Bonchev–Trinajstić information content (AvgIpc) is 3.38. The molecular formula is C20H23N5O3. The van der Waals surface area contributed by atoms with E-state index in [1.807, 2.05) is 19.1 Å². The van der Waals surface area contributed by atoms with Gasteiger partial charge in [-0.3, -0.25) is 9.88 Å². The second-order valence-electron chi connectivity index (χ2n) is 6.90. The minimum atomic E-state index is 0.222. The Bertz CT molecular complexity index is 941. The van der Waals surface area contributed by atoms with E-state index in [9.17, 15) is 0 Å². The van der Waals surface area contributed by atoms with Crippen molar-refractivity contribution in [3.63, 3.8) is 0 Å². The number of aromatic nitrogens is 4. The summed E-state index contributed by atoms with van der Waals surface area (Å²) < 4.78 is 16.6. The van der Waals surface area contributed by atoms with Gasteiger partial charge in [0, 0.05) is 19.3 Å². The van der Waals surface area contributed by atoms with Crippen LogP contribution in [0.3, 0.4) is 0 Å². The highest BCUT2D eigenvalue weighted by molar-refractivity contribution is 5.44. The Balaban J connectivity index is 1.41. The van der Waals surface area contributed by atoms with Crippen LogP contribution in [0.25, 0.3) is 11.6 Å². The maximum absolute atomic E-state index is 5.87. The highest BCUT2D eigenvalue weighted by atomic mass is 16.5. The Morgan fingerprint density at radius 3 is 2.71 bits per heavy atom. The topological polar surface area (TPSA) is 86.4 Å². The molecule has 0 bridgehead atoms. The molecule has 1 aliphatic heterocycles. The standard InChI is InChI=1S/C20H23N5O3/c1-13-9-22-16(10-21-13)20-24-23-19(28-20)15-6-7-25(12-15)11-14-4-5-17(26-2)18(8-14)27-3/h4-5,8-10,15H,6-7,11-12H2,1-3H3. The van der Waals surface area contributed by atoms with E-state index in [1.54, 1.807) is 26.6 Å². The molecule has 0 amide bonds. The number of rotatable bonds is 6. The third-order valence-electron chi connectivity index (χ3n) is 4.92. The van der Waals surface area contributed by atoms with Crippen LogP contribution in [0.15, 0.2) is 35.0 Å². The van der Waals surface area contributed by atoms with Crippen LogP contribution in [0.2, 0.25) is 0 Å². The van der Waals surface area contributed by atoms with Gasteiger partial charge in [-0.15, -0.1) is 10.2 Å². The molecule has 8 nitrogen and oxygen atoms in total. The zero-order valence-corrected chi connectivity index (χ0v) is 16.3. The number of methoxy groups -OCH3 is 2. The maximum atomic E-state index is 5.87. The highest BCUT2D eigenvalue weighted by Gasteiger charge is 2.28. The van der Waals surface area contributed by atoms with E-state index in [2.05, 4.69) is 31.1 Å². The smallest absolute Gasteiger partial charge is 0.267 e. The van der Waals surface area contributed by atoms with Crippen LogP contribution in [0, 0.1) is 6.92 Å². The van der Waals surface area contributed by atoms with E-state index in [0.717, 1.165) is 43.2 Å². The number of aryl methyl sites for hydroxylation is 1. The van der Waals surface area contributed by atoms with Crippen LogP contribution in [-0.2, 0) is 6.54 Å². The summed E-state index contributed by atoms with van der Waals surface area (Å²) in [7, 11) is 3.29. The van der Waals surface area contributed by atoms with Crippen LogP contribution >= 0.6 is 0 Å². The fraction of sp³-hybridized carbons (Fsp3) is 0.400. The molecule has 1 atom stereocenters. The van der Waals surface area contributed by atoms with Gasteiger partial charge in [0.15, 0.2) is 11.5 Å². The van der Waals surface area contributed by atoms with Crippen molar-refractivity contribution in [3.8, 4) is 23.1 Å². The molecule has 0 saturated carbocycles. The molecule has 0 spiro atoms. The van der Waals surface area contributed by atoms with Crippen LogP contribution in [0.4, 0.5) is 0 Å². The molecule has 0 N–H and O–H groups in total. The first kappa shape index (κ1) is 18.4. The van der Waals surface area contributed by atoms with Gasteiger partial charge < -0.3 is 13.9 Å². The van der Waals surface area contributed by atoms with Gasteiger partial charge in [-0.2, -0.15) is 0 Å². The van der Waals surface area contributed by atoms with Gasteiger partial charge in [-0.05, 0) is 37.6 Å². The van der Waals surface area contributed by atoms with E-state index >= 15 is 0 Å². The van der Waals surface area contributed by atoms with Gasteiger partial charge in [0.2, 0.25) is 5.89 Å². The van der Waals surface area contributed by atoms with Crippen molar-refractivity contribution in [2.24, 2.45) is 0 Å². The quantitative estimate of drug-likeness (QED) is 0.644. The third kappa shape index (κ3) is 3.82. The minimum Gasteiger partial charge on any atom is -0.493 e. The normalized spacial score (nSPS) is 17.0. The number of ether oxygens (including phenoxy) is 2. The number of likely N-dealkylation sites (tertiary alicyclic amines) is 1.